The van der Waals surface area contributed by atoms with Gasteiger partial charge in [-0.15, -0.1) is 0 Å². The average molecular weight is 842 g/mol. The summed E-state index contributed by atoms with van der Waals surface area (Å²) in [6.45, 7) is 11.6. The lowest BCUT2D eigenvalue weighted by Crippen LogP contribution is -2.22. The number of halogens is 2. The summed E-state index contributed by atoms with van der Waals surface area (Å²) in [5.41, 5.74) is 3.77. The number of aryl methyl sites for hydroxylation is 4. The Morgan fingerprint density at radius 3 is 1.76 bits per heavy atom. The van der Waals surface area contributed by atoms with E-state index in [0.717, 1.165) is 19.8 Å². The third-order valence-electron chi connectivity index (χ3n) is 8.44. The molecule has 4 N–H and O–H groups in total. The lowest BCUT2D eigenvalue weighted by Gasteiger charge is -2.19. The third kappa shape index (κ3) is 10.00. The molecule has 0 amide bonds. The second kappa shape index (κ2) is 17.9. The van der Waals surface area contributed by atoms with E-state index in [2.05, 4.69) is 14.3 Å². The Kier molecular flexibility index (Phi) is 14.6. The largest absolute Gasteiger partial charge is 0.508 e. The number of aromatic hydroxyl groups is 2. The van der Waals surface area contributed by atoms with Crippen molar-refractivity contribution < 1.29 is 55.9 Å². The minimum Gasteiger partial charge on any atom is -0.508 e. The zero-order valence-electron chi connectivity index (χ0n) is 31.7. The number of hydrogen-bond acceptors (Lipinski definition) is 12. The molecule has 0 spiro atoms. The molecule has 0 bridgehead atoms. The van der Waals surface area contributed by atoms with Crippen molar-refractivity contribution in [3.63, 3.8) is 0 Å². The van der Waals surface area contributed by atoms with Crippen molar-refractivity contribution in [2.24, 2.45) is 0 Å². The lowest BCUT2D eigenvalue weighted by atomic mass is 10.0. The second-order valence-corrected chi connectivity index (χ2v) is 16.5. The zero-order chi connectivity index (χ0) is 41.7. The molecule has 0 radical (unpaired) electrons. The summed E-state index contributed by atoms with van der Waals surface area (Å²) in [6.07, 6.45) is 0. The fourth-order valence-electron chi connectivity index (χ4n) is 5.66. The van der Waals surface area contributed by atoms with Gasteiger partial charge in [0.05, 0.1) is 58.8 Å². The molecule has 0 aromatic heterocycles. The van der Waals surface area contributed by atoms with Crippen molar-refractivity contribution in [1.29, 1.82) is 0 Å². The van der Waals surface area contributed by atoms with Crippen LogP contribution < -0.4 is 9.44 Å². The second-order valence-electron chi connectivity index (χ2n) is 12.4. The average Bonchev–Trinajstić information content (AvgIpc) is 3.11. The normalized spacial score (nSPS) is 11.3. The van der Waals surface area contributed by atoms with Gasteiger partial charge in [-0.2, -0.15) is 0 Å². The van der Waals surface area contributed by atoms with E-state index in [4.69, 9.17) is 37.6 Å². The van der Waals surface area contributed by atoms with E-state index in [0.29, 0.717) is 33.4 Å². The zero-order valence-corrected chi connectivity index (χ0v) is 34.9. The Bertz CT molecular complexity index is 2360. The van der Waals surface area contributed by atoms with Crippen LogP contribution in [0.15, 0.2) is 46.2 Å². The maximum Gasteiger partial charge on any atom is 0.340 e. The van der Waals surface area contributed by atoms with E-state index < -0.39 is 42.4 Å². The smallest absolute Gasteiger partial charge is 0.340 e. The fraction of sp³-hybridized carbons (Fsp3) is 0.297. The van der Waals surface area contributed by atoms with Crippen LogP contribution in [0.3, 0.4) is 0 Å². The Morgan fingerprint density at radius 2 is 1.22 bits per heavy atom. The number of ether oxygens (including phenoxy) is 2. The van der Waals surface area contributed by atoms with Crippen molar-refractivity contribution in [3.8, 4) is 11.5 Å². The number of hydrogen-bond donors (Lipinski definition) is 4. The predicted molar refractivity (Wildman–Crippen MR) is 208 cm³/mol. The van der Waals surface area contributed by atoms with Crippen molar-refractivity contribution in [3.05, 3.63) is 102 Å². The first-order valence-electron chi connectivity index (χ1n) is 16.1. The molecule has 0 aliphatic rings. The number of carbonyl (C=O) groups excluding carboxylic acids is 2. The minimum absolute atomic E-state index is 0.0184. The molecule has 14 nitrogen and oxygen atoms in total. The molecule has 0 unspecified atom stereocenters. The summed E-state index contributed by atoms with van der Waals surface area (Å²) in [4.78, 5) is 34.0. The molecule has 0 atom stereocenters. The third-order valence-corrected chi connectivity index (χ3v) is 12.2. The van der Waals surface area contributed by atoms with Crippen LogP contribution in [0.2, 0.25) is 10.0 Å². The highest BCUT2D eigenvalue weighted by molar-refractivity contribution is 7.93. The molecule has 55 heavy (non-hydrogen) atoms. The molecule has 0 aliphatic carbocycles. The number of carbonyl (C=O) groups is 2. The van der Waals surface area contributed by atoms with Crippen LogP contribution in [0.25, 0.3) is 0 Å². The number of esters is 2. The standard InChI is InChI=1S/C21H25NO9S.C16H17Cl2NO3S/c1-11-7-16(23)12(2)13(3)19(11)22-32(26,27)17-9-14(10-31-30-6)8-15(20(24)28-4)18(17)21(25)29-5;1-8-5-9(2)16(10(3)6-8)23(21,22)19-15-12(17)7-13(20)11(4)14(15)18/h7-9,22-23H,10H2,1-6H3;5-7,19-20H,1-4H3. The number of phenolic OH excluding ortho intramolecular Hbond substituents is 2. The van der Waals surface area contributed by atoms with Crippen LogP contribution in [0, 0.1) is 48.5 Å². The topological polar surface area (TPSA) is 204 Å². The highest BCUT2D eigenvalue weighted by atomic mass is 35.5. The van der Waals surface area contributed by atoms with E-state index in [1.165, 1.54) is 31.4 Å². The molecule has 18 heteroatoms. The maximum absolute atomic E-state index is 13.4. The quantitative estimate of drug-likeness (QED) is 0.0502. The highest BCUT2D eigenvalue weighted by Crippen LogP contribution is 2.40. The van der Waals surface area contributed by atoms with Crippen LogP contribution in [-0.2, 0) is 45.9 Å². The van der Waals surface area contributed by atoms with Crippen molar-refractivity contribution in [2.75, 3.05) is 30.8 Å². The van der Waals surface area contributed by atoms with Crippen LogP contribution >= 0.6 is 23.2 Å². The van der Waals surface area contributed by atoms with Gasteiger partial charge in [-0.1, -0.05) is 40.9 Å². The summed E-state index contributed by atoms with van der Waals surface area (Å²) in [7, 11) is -4.86. The van der Waals surface area contributed by atoms with E-state index in [-0.39, 0.29) is 55.5 Å². The van der Waals surface area contributed by atoms with E-state index in [1.54, 1.807) is 53.7 Å². The number of methoxy groups -OCH3 is 2. The Hall–Kier alpha value is -4.58. The molecule has 0 heterocycles. The number of phenols is 2. The van der Waals surface area contributed by atoms with Gasteiger partial charge >= 0.3 is 11.9 Å². The van der Waals surface area contributed by atoms with E-state index in [9.17, 15) is 36.6 Å². The van der Waals surface area contributed by atoms with Crippen molar-refractivity contribution in [2.45, 2.75) is 64.9 Å². The van der Waals surface area contributed by atoms with Gasteiger partial charge in [0.15, 0.2) is 0 Å². The predicted octanol–water partition coefficient (Wildman–Crippen LogP) is 7.50. The number of rotatable bonds is 11. The number of nitrogens with one attached hydrogen (secondary N) is 2. The Morgan fingerprint density at radius 1 is 0.673 bits per heavy atom. The molecule has 4 rings (SSSR count). The lowest BCUT2D eigenvalue weighted by molar-refractivity contribution is -0.282. The molecule has 298 valence electrons. The maximum atomic E-state index is 13.4. The first-order chi connectivity index (χ1) is 25.5. The summed E-state index contributed by atoms with van der Waals surface area (Å²) in [6, 6.07) is 8.72. The molecule has 0 fully saturated rings. The molecular formula is C37H42Cl2N2O12S2. The molecule has 4 aromatic carbocycles. The van der Waals surface area contributed by atoms with Gasteiger partial charge in [0.2, 0.25) is 0 Å². The van der Waals surface area contributed by atoms with Gasteiger partial charge in [0.25, 0.3) is 20.0 Å². The van der Waals surface area contributed by atoms with Gasteiger partial charge in [0, 0.05) is 11.6 Å². The Balaban J connectivity index is 0.000000311. The molecule has 4 aromatic rings. The van der Waals surface area contributed by atoms with Gasteiger partial charge in [-0.05, 0) is 100 Å². The minimum atomic E-state index is -4.42. The summed E-state index contributed by atoms with van der Waals surface area (Å²) >= 11 is 12.2. The number of benzene rings is 4. The van der Waals surface area contributed by atoms with Gasteiger partial charge in [0.1, 0.15) is 23.0 Å². The highest BCUT2D eigenvalue weighted by Gasteiger charge is 2.31. The SMILES string of the molecule is COOCc1cc(C(=O)OC)c(C(=O)OC)c(S(=O)(=O)Nc2c(C)cc(O)c(C)c2C)c1.Cc1cc(C)c(S(=O)(=O)Nc2c(Cl)cc(O)c(C)c2Cl)c(C)c1. The monoisotopic (exact) mass is 840 g/mol. The first kappa shape index (κ1) is 44.8. The van der Waals surface area contributed by atoms with Crippen LogP contribution in [0.5, 0.6) is 11.5 Å². The summed E-state index contributed by atoms with van der Waals surface area (Å²) < 4.78 is 66.7. The van der Waals surface area contributed by atoms with E-state index in [1.807, 2.05) is 6.92 Å². The van der Waals surface area contributed by atoms with Crippen molar-refractivity contribution >= 4 is 66.6 Å². The molecule has 0 saturated heterocycles. The van der Waals surface area contributed by atoms with Crippen molar-refractivity contribution in [1.82, 2.24) is 0 Å². The summed E-state index contributed by atoms with van der Waals surface area (Å²) in [5.74, 6) is -2.05. The van der Waals surface area contributed by atoms with Gasteiger partial charge < -0.3 is 19.7 Å². The number of anilines is 2. The Labute approximate surface area is 330 Å². The number of sulfonamides is 2. The van der Waals surface area contributed by atoms with Gasteiger partial charge in [-0.3, -0.25) is 9.44 Å². The first-order valence-corrected chi connectivity index (χ1v) is 19.8. The van der Waals surface area contributed by atoms with E-state index >= 15 is 0 Å². The fourth-order valence-corrected chi connectivity index (χ4v) is 9.32. The van der Waals surface area contributed by atoms with Crippen LogP contribution in [0.4, 0.5) is 11.4 Å². The summed E-state index contributed by atoms with van der Waals surface area (Å²) in [5, 5.41) is 19.8. The molecule has 0 saturated carbocycles. The van der Waals surface area contributed by atoms with Crippen LogP contribution in [-0.4, -0.2) is 60.3 Å². The molecular weight excluding hydrogens is 799 g/mol. The van der Waals surface area contributed by atoms with Crippen LogP contribution in [0.1, 0.15) is 65.2 Å². The molecule has 0 aliphatic heterocycles. The van der Waals surface area contributed by atoms with Gasteiger partial charge in [-0.25, -0.2) is 36.2 Å².